The topological polar surface area (TPSA) is 87.2 Å². The van der Waals surface area contributed by atoms with Crippen LogP contribution in [0.15, 0.2) is 18.2 Å². The largest absolute Gasteiger partial charge is 0.369 e. The highest BCUT2D eigenvalue weighted by molar-refractivity contribution is 5.83. The van der Waals surface area contributed by atoms with E-state index in [1.165, 1.54) is 0 Å². The second-order valence-corrected chi connectivity index (χ2v) is 5.10. The van der Waals surface area contributed by atoms with E-state index in [1.807, 2.05) is 11.8 Å². The van der Waals surface area contributed by atoms with Crippen molar-refractivity contribution in [3.63, 3.8) is 0 Å². The molecule has 1 amide bonds. The maximum absolute atomic E-state index is 11.4. The molecule has 5 nitrogen and oxygen atoms in total. The minimum atomic E-state index is -0.559. The number of benzene rings is 1. The Kier molecular flexibility index (Phi) is 3.26. The number of nitrogens with two attached hydrogens (primary N) is 1. The fraction of sp³-hybridized carbons (Fsp3) is 0.357. The predicted molar refractivity (Wildman–Crippen MR) is 70.7 cm³/mol. The van der Waals surface area contributed by atoms with Crippen molar-refractivity contribution in [3.8, 4) is 6.07 Å². The van der Waals surface area contributed by atoms with Crippen LogP contribution >= 0.6 is 0 Å². The molecule has 1 unspecified atom stereocenters. The van der Waals surface area contributed by atoms with Gasteiger partial charge in [0.25, 0.3) is 0 Å². The summed E-state index contributed by atoms with van der Waals surface area (Å²) in [5.74, 6) is -0.321. The van der Waals surface area contributed by atoms with Crippen molar-refractivity contribution in [2.45, 2.75) is 13.3 Å². The van der Waals surface area contributed by atoms with Crippen molar-refractivity contribution in [1.29, 1.82) is 5.26 Å². The van der Waals surface area contributed by atoms with Crippen molar-refractivity contribution < 1.29 is 9.59 Å². The first-order valence-electron chi connectivity index (χ1n) is 6.04. The summed E-state index contributed by atoms with van der Waals surface area (Å²) in [6.07, 6.45) is 1.38. The van der Waals surface area contributed by atoms with Crippen molar-refractivity contribution in [2.75, 3.05) is 18.0 Å². The van der Waals surface area contributed by atoms with Crippen LogP contribution in [-0.4, -0.2) is 25.3 Å². The molecule has 1 fully saturated rings. The molecule has 1 heterocycles. The number of nitrogens with zero attached hydrogens (tertiary/aromatic N) is 2. The average Bonchev–Trinajstić information content (AvgIpc) is 2.82. The van der Waals surface area contributed by atoms with E-state index >= 15 is 0 Å². The number of primary amides is 1. The third kappa shape index (κ3) is 2.29. The van der Waals surface area contributed by atoms with Crippen LogP contribution in [0.4, 0.5) is 5.69 Å². The lowest BCUT2D eigenvalue weighted by Crippen LogP contribution is -2.37. The Labute approximate surface area is 111 Å². The molecule has 0 spiro atoms. The molecular weight excluding hydrogens is 242 g/mol. The average molecular weight is 257 g/mol. The normalized spacial score (nSPS) is 22.0. The molecule has 1 atom stereocenters. The van der Waals surface area contributed by atoms with E-state index in [0.717, 1.165) is 5.69 Å². The molecule has 19 heavy (non-hydrogen) atoms. The molecule has 1 aliphatic rings. The Morgan fingerprint density at radius 1 is 1.58 bits per heavy atom. The van der Waals surface area contributed by atoms with Gasteiger partial charge in [0.15, 0.2) is 0 Å². The van der Waals surface area contributed by atoms with Crippen LogP contribution in [0.2, 0.25) is 0 Å². The highest BCUT2D eigenvalue weighted by Gasteiger charge is 2.39. The number of rotatable bonds is 3. The van der Waals surface area contributed by atoms with Crippen LogP contribution in [-0.2, 0) is 4.79 Å². The summed E-state index contributed by atoms with van der Waals surface area (Å²) >= 11 is 0. The monoisotopic (exact) mass is 257 g/mol. The zero-order valence-electron chi connectivity index (χ0n) is 10.7. The van der Waals surface area contributed by atoms with Crippen LogP contribution in [0.1, 0.15) is 29.3 Å². The molecular formula is C14H15N3O2. The van der Waals surface area contributed by atoms with Gasteiger partial charge in [0.05, 0.1) is 16.7 Å². The molecule has 0 aromatic heterocycles. The molecule has 98 valence electrons. The fourth-order valence-electron chi connectivity index (χ4n) is 2.36. The summed E-state index contributed by atoms with van der Waals surface area (Å²) in [6.45, 7) is 3.01. The van der Waals surface area contributed by atoms with Gasteiger partial charge in [-0.05, 0) is 31.5 Å². The molecule has 1 aromatic rings. The number of aldehydes is 1. The third-order valence-electron chi connectivity index (χ3n) is 3.69. The van der Waals surface area contributed by atoms with Crippen LogP contribution in [0.25, 0.3) is 0 Å². The lowest BCUT2D eigenvalue weighted by atomic mass is 9.89. The third-order valence-corrected chi connectivity index (χ3v) is 3.69. The fourth-order valence-corrected chi connectivity index (χ4v) is 2.36. The van der Waals surface area contributed by atoms with Gasteiger partial charge in [-0.2, -0.15) is 5.26 Å². The van der Waals surface area contributed by atoms with Gasteiger partial charge in [-0.15, -0.1) is 0 Å². The maximum Gasteiger partial charge on any atom is 0.225 e. The van der Waals surface area contributed by atoms with E-state index in [4.69, 9.17) is 11.0 Å². The van der Waals surface area contributed by atoms with Crippen molar-refractivity contribution in [1.82, 2.24) is 0 Å². The number of amides is 1. The van der Waals surface area contributed by atoms with Gasteiger partial charge in [-0.3, -0.25) is 9.59 Å². The second-order valence-electron chi connectivity index (χ2n) is 5.10. The van der Waals surface area contributed by atoms with Gasteiger partial charge < -0.3 is 10.6 Å². The van der Waals surface area contributed by atoms with Gasteiger partial charge in [-0.25, -0.2) is 0 Å². The number of carbonyl (C=O) groups is 2. The summed E-state index contributed by atoms with van der Waals surface area (Å²) in [5.41, 5.74) is 6.51. The zero-order chi connectivity index (χ0) is 14.0. The first-order valence-corrected chi connectivity index (χ1v) is 6.04. The lowest BCUT2D eigenvalue weighted by Gasteiger charge is -2.23. The van der Waals surface area contributed by atoms with Gasteiger partial charge in [0.2, 0.25) is 5.91 Å². The first kappa shape index (κ1) is 13.1. The molecule has 0 saturated carbocycles. The minimum Gasteiger partial charge on any atom is -0.369 e. The predicted octanol–water partition coefficient (Wildman–Crippen LogP) is 1.07. The lowest BCUT2D eigenvalue weighted by molar-refractivity contribution is -0.125. The zero-order valence-corrected chi connectivity index (χ0v) is 10.7. The standard InChI is InChI=1S/C14H15N3O2/c1-14(13(16)19)4-5-17(9-14)12-3-2-10(8-18)6-11(12)7-15/h2-3,6,8H,4-5,9H2,1H3,(H2,16,19). The number of nitriles is 1. The van der Waals surface area contributed by atoms with Gasteiger partial charge in [0, 0.05) is 18.7 Å². The second kappa shape index (κ2) is 4.73. The number of hydrogen-bond donors (Lipinski definition) is 1. The van der Waals surface area contributed by atoms with Crippen molar-refractivity contribution in [2.24, 2.45) is 11.1 Å². The summed E-state index contributed by atoms with van der Waals surface area (Å²) < 4.78 is 0. The Balaban J connectivity index is 2.32. The van der Waals surface area contributed by atoms with E-state index in [-0.39, 0.29) is 5.91 Å². The van der Waals surface area contributed by atoms with E-state index in [9.17, 15) is 9.59 Å². The van der Waals surface area contributed by atoms with E-state index in [1.54, 1.807) is 18.2 Å². The molecule has 0 radical (unpaired) electrons. The Bertz CT molecular complexity index is 577. The molecule has 0 aliphatic carbocycles. The van der Waals surface area contributed by atoms with Crippen LogP contribution in [0.3, 0.4) is 0 Å². The summed E-state index contributed by atoms with van der Waals surface area (Å²) in [5, 5.41) is 9.15. The van der Waals surface area contributed by atoms with E-state index in [0.29, 0.717) is 36.9 Å². The molecule has 5 heteroatoms. The smallest absolute Gasteiger partial charge is 0.225 e. The molecule has 2 rings (SSSR count). The van der Waals surface area contributed by atoms with Crippen LogP contribution in [0, 0.1) is 16.7 Å². The van der Waals surface area contributed by atoms with Crippen LogP contribution < -0.4 is 10.6 Å². The first-order chi connectivity index (χ1) is 9.00. The molecule has 1 saturated heterocycles. The minimum absolute atomic E-state index is 0.321. The van der Waals surface area contributed by atoms with Gasteiger partial charge >= 0.3 is 0 Å². The van der Waals surface area contributed by atoms with E-state index in [2.05, 4.69) is 6.07 Å². The summed E-state index contributed by atoms with van der Waals surface area (Å²) in [6, 6.07) is 7.06. The van der Waals surface area contributed by atoms with Gasteiger partial charge in [-0.1, -0.05) is 0 Å². The summed E-state index contributed by atoms with van der Waals surface area (Å²) in [7, 11) is 0. The van der Waals surface area contributed by atoms with E-state index < -0.39 is 5.41 Å². The Hall–Kier alpha value is -2.35. The molecule has 0 bridgehead atoms. The number of carbonyl (C=O) groups excluding carboxylic acids is 2. The maximum atomic E-state index is 11.4. The highest BCUT2D eigenvalue weighted by Crippen LogP contribution is 2.34. The van der Waals surface area contributed by atoms with Gasteiger partial charge in [0.1, 0.15) is 12.4 Å². The molecule has 2 N–H and O–H groups in total. The Morgan fingerprint density at radius 3 is 2.84 bits per heavy atom. The number of hydrogen-bond acceptors (Lipinski definition) is 4. The molecule has 1 aliphatic heterocycles. The highest BCUT2D eigenvalue weighted by atomic mass is 16.1. The summed E-state index contributed by atoms with van der Waals surface area (Å²) in [4.78, 5) is 24.1. The van der Waals surface area contributed by atoms with Crippen LogP contribution in [0.5, 0.6) is 0 Å². The quantitative estimate of drug-likeness (QED) is 0.820. The SMILES string of the molecule is CC1(C(N)=O)CCN(c2ccc(C=O)cc2C#N)C1. The molecule has 1 aromatic carbocycles. The van der Waals surface area contributed by atoms with Crippen molar-refractivity contribution >= 4 is 17.9 Å². The number of anilines is 1. The van der Waals surface area contributed by atoms with Crippen molar-refractivity contribution in [3.05, 3.63) is 29.3 Å². The Morgan fingerprint density at radius 2 is 2.32 bits per heavy atom.